The quantitative estimate of drug-likeness (QED) is 0.729. The Morgan fingerprint density at radius 1 is 1.18 bits per heavy atom. The average Bonchev–Trinajstić information content (AvgIpc) is 3.08. The maximum atomic E-state index is 12.9. The molecule has 112 valence electrons. The van der Waals surface area contributed by atoms with Gasteiger partial charge in [-0.2, -0.15) is 0 Å². The van der Waals surface area contributed by atoms with Crippen LogP contribution in [0.1, 0.15) is 11.5 Å². The third kappa shape index (κ3) is 1.91. The Morgan fingerprint density at radius 2 is 2.00 bits per heavy atom. The van der Waals surface area contributed by atoms with Gasteiger partial charge < -0.3 is 4.42 Å². The molecule has 2 heterocycles. The fourth-order valence-electron chi connectivity index (χ4n) is 2.87. The van der Waals surface area contributed by atoms with Crippen LogP contribution in [0.3, 0.4) is 0 Å². The van der Waals surface area contributed by atoms with Crippen molar-refractivity contribution in [3.05, 3.63) is 53.9 Å². The van der Waals surface area contributed by atoms with Crippen LogP contribution < -0.4 is 4.31 Å². The molecule has 5 nitrogen and oxygen atoms in total. The molecule has 0 bridgehead atoms. The van der Waals surface area contributed by atoms with E-state index in [4.69, 9.17) is 4.42 Å². The van der Waals surface area contributed by atoms with Crippen molar-refractivity contribution in [2.24, 2.45) is 0 Å². The highest BCUT2D eigenvalue weighted by atomic mass is 32.2. The van der Waals surface area contributed by atoms with E-state index < -0.39 is 10.0 Å². The van der Waals surface area contributed by atoms with E-state index in [0.717, 1.165) is 17.7 Å². The van der Waals surface area contributed by atoms with Gasteiger partial charge in [-0.25, -0.2) is 13.4 Å². The van der Waals surface area contributed by atoms with Crippen LogP contribution in [0.4, 0.5) is 5.69 Å². The zero-order chi connectivity index (χ0) is 15.3. The van der Waals surface area contributed by atoms with Gasteiger partial charge in [0.05, 0.1) is 10.6 Å². The molecule has 0 spiro atoms. The summed E-state index contributed by atoms with van der Waals surface area (Å²) in [5, 5.41) is 0. The van der Waals surface area contributed by atoms with Crippen LogP contribution >= 0.6 is 0 Å². The molecule has 0 radical (unpaired) electrons. The number of anilines is 1. The van der Waals surface area contributed by atoms with Gasteiger partial charge in [0, 0.05) is 19.5 Å². The van der Waals surface area contributed by atoms with Crippen molar-refractivity contribution in [1.29, 1.82) is 0 Å². The molecule has 4 rings (SSSR count). The Morgan fingerprint density at radius 3 is 2.86 bits per heavy atom. The number of nitrogens with zero attached hydrogens (tertiary/aromatic N) is 2. The number of fused-ring (bicyclic) bond motifs is 2. The van der Waals surface area contributed by atoms with Gasteiger partial charge in [0.15, 0.2) is 11.5 Å². The summed E-state index contributed by atoms with van der Waals surface area (Å²) in [5.41, 5.74) is 2.98. The van der Waals surface area contributed by atoms with E-state index in [-0.39, 0.29) is 4.90 Å². The minimum absolute atomic E-state index is 0.229. The Hall–Kier alpha value is -2.34. The van der Waals surface area contributed by atoms with Gasteiger partial charge >= 0.3 is 0 Å². The van der Waals surface area contributed by atoms with Crippen molar-refractivity contribution in [3.8, 4) is 0 Å². The number of hydrogen-bond donors (Lipinski definition) is 0. The molecule has 2 aromatic carbocycles. The first-order chi connectivity index (χ1) is 10.6. The molecule has 0 amide bonds. The molecule has 0 atom stereocenters. The van der Waals surface area contributed by atoms with Crippen molar-refractivity contribution < 1.29 is 12.8 Å². The predicted molar refractivity (Wildman–Crippen MR) is 83.4 cm³/mol. The fraction of sp³-hybridized carbons (Fsp3) is 0.188. The summed E-state index contributed by atoms with van der Waals surface area (Å²) in [6.45, 7) is 2.21. The molecule has 1 aliphatic rings. The largest absolute Gasteiger partial charge is 0.441 e. The molecule has 1 aliphatic heterocycles. The zero-order valence-corrected chi connectivity index (χ0v) is 12.8. The first-order valence-corrected chi connectivity index (χ1v) is 8.47. The van der Waals surface area contributed by atoms with Gasteiger partial charge in [-0.1, -0.05) is 18.2 Å². The first-order valence-electron chi connectivity index (χ1n) is 7.03. The SMILES string of the molecule is Cc1nc2ccc(S(=O)(=O)N3CCc4ccccc43)cc2o1. The van der Waals surface area contributed by atoms with Crippen LogP contribution in [-0.2, 0) is 16.4 Å². The highest BCUT2D eigenvalue weighted by Gasteiger charge is 2.30. The maximum absolute atomic E-state index is 12.9. The van der Waals surface area contributed by atoms with Crippen LogP contribution in [0.5, 0.6) is 0 Å². The van der Waals surface area contributed by atoms with Gasteiger partial charge in [-0.05, 0) is 30.2 Å². The van der Waals surface area contributed by atoms with E-state index >= 15 is 0 Å². The van der Waals surface area contributed by atoms with Crippen molar-refractivity contribution in [1.82, 2.24) is 4.98 Å². The Bertz CT molecular complexity index is 976. The van der Waals surface area contributed by atoms with E-state index in [2.05, 4.69) is 4.98 Å². The molecular weight excluding hydrogens is 300 g/mol. The lowest BCUT2D eigenvalue weighted by Gasteiger charge is -2.19. The summed E-state index contributed by atoms with van der Waals surface area (Å²) >= 11 is 0. The van der Waals surface area contributed by atoms with Crippen LogP contribution in [0.25, 0.3) is 11.1 Å². The van der Waals surface area contributed by atoms with Crippen LogP contribution in [0, 0.1) is 6.92 Å². The number of rotatable bonds is 2. The molecule has 0 N–H and O–H groups in total. The molecule has 0 unspecified atom stereocenters. The van der Waals surface area contributed by atoms with Crippen LogP contribution in [0.15, 0.2) is 51.8 Å². The highest BCUT2D eigenvalue weighted by molar-refractivity contribution is 7.92. The number of hydrogen-bond acceptors (Lipinski definition) is 4. The maximum Gasteiger partial charge on any atom is 0.264 e. The van der Waals surface area contributed by atoms with Crippen molar-refractivity contribution >= 4 is 26.8 Å². The van der Waals surface area contributed by atoms with Crippen molar-refractivity contribution in [2.75, 3.05) is 10.8 Å². The molecule has 0 fully saturated rings. The normalized spacial score (nSPS) is 14.5. The average molecular weight is 314 g/mol. The summed E-state index contributed by atoms with van der Waals surface area (Å²) in [4.78, 5) is 4.42. The van der Waals surface area contributed by atoms with Crippen LogP contribution in [0.2, 0.25) is 0 Å². The smallest absolute Gasteiger partial charge is 0.264 e. The van der Waals surface area contributed by atoms with Gasteiger partial charge in [0.1, 0.15) is 5.52 Å². The third-order valence-electron chi connectivity index (χ3n) is 3.90. The Kier molecular flexibility index (Phi) is 2.77. The molecule has 22 heavy (non-hydrogen) atoms. The second-order valence-electron chi connectivity index (χ2n) is 5.32. The predicted octanol–water partition coefficient (Wildman–Crippen LogP) is 2.89. The minimum Gasteiger partial charge on any atom is -0.441 e. The van der Waals surface area contributed by atoms with Crippen molar-refractivity contribution in [3.63, 3.8) is 0 Å². The molecule has 0 saturated heterocycles. The van der Waals surface area contributed by atoms with E-state index in [1.54, 1.807) is 25.1 Å². The first kappa shape index (κ1) is 13.3. The lowest BCUT2D eigenvalue weighted by Crippen LogP contribution is -2.29. The lowest BCUT2D eigenvalue weighted by molar-refractivity contribution is 0.559. The summed E-state index contributed by atoms with van der Waals surface area (Å²) in [6.07, 6.45) is 0.735. The monoisotopic (exact) mass is 314 g/mol. The highest BCUT2D eigenvalue weighted by Crippen LogP contribution is 2.33. The van der Waals surface area contributed by atoms with Crippen molar-refractivity contribution in [2.45, 2.75) is 18.2 Å². The number of sulfonamides is 1. The molecule has 6 heteroatoms. The number of oxazole rings is 1. The van der Waals surface area contributed by atoms with Gasteiger partial charge in [0.25, 0.3) is 10.0 Å². The van der Waals surface area contributed by atoms with Gasteiger partial charge in [0.2, 0.25) is 0 Å². The summed E-state index contributed by atoms with van der Waals surface area (Å²) in [7, 11) is -3.59. The van der Waals surface area contributed by atoms with Crippen LogP contribution in [-0.4, -0.2) is 19.9 Å². The molecule has 1 aromatic heterocycles. The Balaban J connectivity index is 1.83. The molecular formula is C16H14N2O3S. The van der Waals surface area contributed by atoms with Gasteiger partial charge in [-0.15, -0.1) is 0 Å². The van der Waals surface area contributed by atoms with Gasteiger partial charge in [-0.3, -0.25) is 4.31 Å². The summed E-state index contributed by atoms with van der Waals surface area (Å²) in [6, 6.07) is 12.4. The molecule has 3 aromatic rings. The lowest BCUT2D eigenvalue weighted by atomic mass is 10.2. The second-order valence-corrected chi connectivity index (χ2v) is 7.18. The fourth-order valence-corrected chi connectivity index (χ4v) is 4.38. The number of para-hydroxylation sites is 1. The third-order valence-corrected chi connectivity index (χ3v) is 5.71. The van der Waals surface area contributed by atoms with E-state index in [0.29, 0.717) is 23.5 Å². The molecule has 0 saturated carbocycles. The second kappa shape index (κ2) is 4.58. The number of benzene rings is 2. The summed E-state index contributed by atoms with van der Waals surface area (Å²) in [5.74, 6) is 0.524. The van der Waals surface area contributed by atoms with E-state index in [1.165, 1.54) is 4.31 Å². The summed E-state index contributed by atoms with van der Waals surface area (Å²) < 4.78 is 32.7. The Labute approximate surface area is 128 Å². The minimum atomic E-state index is -3.59. The number of aryl methyl sites for hydroxylation is 1. The molecule has 0 aliphatic carbocycles. The number of aromatic nitrogens is 1. The zero-order valence-electron chi connectivity index (χ0n) is 12.0. The van der Waals surface area contributed by atoms with E-state index in [9.17, 15) is 8.42 Å². The standard InChI is InChI=1S/C16H14N2O3S/c1-11-17-14-7-6-13(10-16(14)21-11)22(19,20)18-9-8-12-4-2-3-5-15(12)18/h2-7,10H,8-9H2,1H3. The topological polar surface area (TPSA) is 63.4 Å². The van der Waals surface area contributed by atoms with E-state index in [1.807, 2.05) is 24.3 Å².